The third kappa shape index (κ3) is 5.69. The van der Waals surface area contributed by atoms with E-state index in [4.69, 9.17) is 5.11 Å². The summed E-state index contributed by atoms with van der Waals surface area (Å²) in [6.45, 7) is 6.60. The van der Waals surface area contributed by atoms with Crippen LogP contribution in [0.25, 0.3) is 0 Å². The number of hydrogen-bond donors (Lipinski definition) is 2. The Kier molecular flexibility index (Phi) is 6.63. The van der Waals surface area contributed by atoms with E-state index in [2.05, 4.69) is 5.32 Å². The Morgan fingerprint density at radius 2 is 1.94 bits per heavy atom. The standard InChI is InChI=1S/C12H22N2O3.ClH/c1-12(2,3)13-10(15)8-14-7-5-4-6-9(14)11(16)17;/h9H,4-8H2,1-3H3,(H,13,15)(H,16,17);1H. The molecule has 6 heteroatoms. The van der Waals surface area contributed by atoms with Crippen molar-refractivity contribution >= 4 is 24.3 Å². The van der Waals surface area contributed by atoms with E-state index in [1.165, 1.54) is 0 Å². The van der Waals surface area contributed by atoms with Gasteiger partial charge in [-0.15, -0.1) is 12.4 Å². The SMILES string of the molecule is CC(C)(C)NC(=O)CN1CCCCC1C(=O)O.Cl. The second-order valence-corrected chi connectivity index (χ2v) is 5.62. The van der Waals surface area contributed by atoms with E-state index in [9.17, 15) is 9.59 Å². The first-order valence-corrected chi connectivity index (χ1v) is 6.07. The predicted molar refractivity (Wildman–Crippen MR) is 72.0 cm³/mol. The molecule has 1 fully saturated rings. The zero-order valence-corrected chi connectivity index (χ0v) is 12.0. The number of nitrogens with one attached hydrogen (secondary N) is 1. The molecule has 0 saturated carbocycles. The number of carboxylic acids is 1. The molecular formula is C12H23ClN2O3. The van der Waals surface area contributed by atoms with Crippen molar-refractivity contribution in [1.82, 2.24) is 10.2 Å². The van der Waals surface area contributed by atoms with Crippen LogP contribution in [0.2, 0.25) is 0 Å². The summed E-state index contributed by atoms with van der Waals surface area (Å²) in [7, 11) is 0. The van der Waals surface area contributed by atoms with Gasteiger partial charge in [0.1, 0.15) is 6.04 Å². The van der Waals surface area contributed by atoms with Crippen molar-refractivity contribution in [3.63, 3.8) is 0 Å². The Labute approximate surface area is 114 Å². The van der Waals surface area contributed by atoms with Gasteiger partial charge in [-0.2, -0.15) is 0 Å². The average molecular weight is 279 g/mol. The highest BCUT2D eigenvalue weighted by molar-refractivity contribution is 5.85. The molecule has 0 aliphatic carbocycles. The highest BCUT2D eigenvalue weighted by atomic mass is 35.5. The molecule has 0 radical (unpaired) electrons. The van der Waals surface area contributed by atoms with Gasteiger partial charge in [-0.05, 0) is 40.2 Å². The number of carbonyl (C=O) groups excluding carboxylic acids is 1. The average Bonchev–Trinajstić information content (AvgIpc) is 2.14. The summed E-state index contributed by atoms with van der Waals surface area (Å²) in [5.41, 5.74) is -0.272. The van der Waals surface area contributed by atoms with Gasteiger partial charge in [0.05, 0.1) is 6.54 Å². The second-order valence-electron chi connectivity index (χ2n) is 5.62. The molecule has 5 nitrogen and oxygen atoms in total. The number of amides is 1. The van der Waals surface area contributed by atoms with Crippen molar-refractivity contribution < 1.29 is 14.7 Å². The Hall–Kier alpha value is -0.810. The Balaban J connectivity index is 0.00000289. The molecule has 18 heavy (non-hydrogen) atoms. The highest BCUT2D eigenvalue weighted by Crippen LogP contribution is 2.16. The number of halogens is 1. The van der Waals surface area contributed by atoms with Crippen LogP contribution in [0, 0.1) is 0 Å². The van der Waals surface area contributed by atoms with Crippen molar-refractivity contribution in [1.29, 1.82) is 0 Å². The number of likely N-dealkylation sites (tertiary alicyclic amines) is 1. The lowest BCUT2D eigenvalue weighted by Crippen LogP contribution is -2.51. The van der Waals surface area contributed by atoms with Gasteiger partial charge in [0.25, 0.3) is 0 Å². The predicted octanol–water partition coefficient (Wildman–Crippen LogP) is 1.26. The molecule has 2 N–H and O–H groups in total. The number of carbonyl (C=O) groups is 2. The summed E-state index contributed by atoms with van der Waals surface area (Å²) in [5, 5.41) is 11.9. The molecule has 0 bridgehead atoms. The molecule has 1 heterocycles. The molecule has 106 valence electrons. The van der Waals surface area contributed by atoms with E-state index >= 15 is 0 Å². The third-order valence-electron chi connectivity index (χ3n) is 2.76. The summed E-state index contributed by atoms with van der Waals surface area (Å²) < 4.78 is 0. The first kappa shape index (κ1) is 17.2. The molecule has 1 unspecified atom stereocenters. The maximum Gasteiger partial charge on any atom is 0.320 e. The van der Waals surface area contributed by atoms with Crippen molar-refractivity contribution in [2.75, 3.05) is 13.1 Å². The van der Waals surface area contributed by atoms with Gasteiger partial charge in [0.2, 0.25) is 5.91 Å². The largest absolute Gasteiger partial charge is 0.480 e. The van der Waals surface area contributed by atoms with Gasteiger partial charge in [-0.3, -0.25) is 14.5 Å². The van der Waals surface area contributed by atoms with Crippen LogP contribution in [0.4, 0.5) is 0 Å². The molecule has 0 aromatic heterocycles. The van der Waals surface area contributed by atoms with Gasteiger partial charge in [-0.1, -0.05) is 6.42 Å². The normalized spacial score (nSPS) is 20.9. The smallest absolute Gasteiger partial charge is 0.320 e. The number of piperidine rings is 1. The molecule has 1 aliphatic rings. The summed E-state index contributed by atoms with van der Waals surface area (Å²) in [6, 6.07) is -0.505. The summed E-state index contributed by atoms with van der Waals surface area (Å²) in [4.78, 5) is 24.6. The first-order valence-electron chi connectivity index (χ1n) is 6.07. The molecule has 0 aromatic rings. The van der Waals surface area contributed by atoms with Crippen LogP contribution in [0.3, 0.4) is 0 Å². The van der Waals surface area contributed by atoms with Gasteiger partial charge in [0, 0.05) is 5.54 Å². The summed E-state index contributed by atoms with van der Waals surface area (Å²) >= 11 is 0. The lowest BCUT2D eigenvalue weighted by atomic mass is 10.0. The topological polar surface area (TPSA) is 69.6 Å². The van der Waals surface area contributed by atoms with Crippen LogP contribution in [0.5, 0.6) is 0 Å². The fraction of sp³-hybridized carbons (Fsp3) is 0.833. The Bertz CT molecular complexity index is 302. The number of aliphatic carboxylic acids is 1. The van der Waals surface area contributed by atoms with Crippen LogP contribution in [-0.4, -0.2) is 46.6 Å². The molecule has 1 aliphatic heterocycles. The van der Waals surface area contributed by atoms with Crippen LogP contribution in [0.15, 0.2) is 0 Å². The molecule has 1 atom stereocenters. The van der Waals surface area contributed by atoms with Gasteiger partial charge >= 0.3 is 5.97 Å². The summed E-state index contributed by atoms with van der Waals surface area (Å²) in [6.07, 6.45) is 2.53. The van der Waals surface area contributed by atoms with Crippen LogP contribution < -0.4 is 5.32 Å². The van der Waals surface area contributed by atoms with Gasteiger partial charge in [0.15, 0.2) is 0 Å². The van der Waals surface area contributed by atoms with E-state index in [1.54, 1.807) is 4.90 Å². The van der Waals surface area contributed by atoms with E-state index in [-0.39, 0.29) is 30.4 Å². The Morgan fingerprint density at radius 1 is 1.33 bits per heavy atom. The molecule has 1 amide bonds. The van der Waals surface area contributed by atoms with Crippen molar-refractivity contribution in [2.24, 2.45) is 0 Å². The number of rotatable bonds is 3. The minimum atomic E-state index is -0.826. The minimum Gasteiger partial charge on any atom is -0.480 e. The van der Waals surface area contributed by atoms with Crippen molar-refractivity contribution in [3.05, 3.63) is 0 Å². The monoisotopic (exact) mass is 278 g/mol. The van der Waals surface area contributed by atoms with Gasteiger partial charge in [-0.25, -0.2) is 0 Å². The fourth-order valence-corrected chi connectivity index (χ4v) is 2.10. The minimum absolute atomic E-state index is 0. The second kappa shape index (κ2) is 6.95. The fourth-order valence-electron chi connectivity index (χ4n) is 2.10. The van der Waals surface area contributed by atoms with Crippen LogP contribution >= 0.6 is 12.4 Å². The lowest BCUT2D eigenvalue weighted by molar-refractivity contribution is -0.145. The van der Waals surface area contributed by atoms with E-state index in [0.29, 0.717) is 13.0 Å². The van der Waals surface area contributed by atoms with Crippen LogP contribution in [0.1, 0.15) is 40.0 Å². The quantitative estimate of drug-likeness (QED) is 0.815. The lowest BCUT2D eigenvalue weighted by Gasteiger charge is -2.33. The van der Waals surface area contributed by atoms with Gasteiger partial charge < -0.3 is 10.4 Å². The Morgan fingerprint density at radius 3 is 2.44 bits per heavy atom. The maximum absolute atomic E-state index is 11.7. The maximum atomic E-state index is 11.7. The summed E-state index contributed by atoms with van der Waals surface area (Å²) in [5.74, 6) is -0.932. The zero-order valence-electron chi connectivity index (χ0n) is 11.2. The molecule has 0 aromatic carbocycles. The van der Waals surface area contributed by atoms with E-state index in [0.717, 1.165) is 12.8 Å². The van der Waals surface area contributed by atoms with Crippen molar-refractivity contribution in [2.45, 2.75) is 51.6 Å². The van der Waals surface area contributed by atoms with E-state index < -0.39 is 12.0 Å². The molecule has 1 rings (SSSR count). The first-order chi connectivity index (χ1) is 7.79. The molecular weight excluding hydrogens is 256 g/mol. The van der Waals surface area contributed by atoms with Crippen LogP contribution in [-0.2, 0) is 9.59 Å². The third-order valence-corrected chi connectivity index (χ3v) is 2.76. The molecule has 0 spiro atoms. The highest BCUT2D eigenvalue weighted by Gasteiger charge is 2.30. The zero-order chi connectivity index (χ0) is 13.1. The van der Waals surface area contributed by atoms with Crippen molar-refractivity contribution in [3.8, 4) is 0 Å². The van der Waals surface area contributed by atoms with E-state index in [1.807, 2.05) is 20.8 Å². The number of carboxylic acid groups (broad SMARTS) is 1. The number of hydrogen-bond acceptors (Lipinski definition) is 3. The molecule has 1 saturated heterocycles. The number of nitrogens with zero attached hydrogens (tertiary/aromatic N) is 1.